The first-order chi connectivity index (χ1) is 10.6. The molecule has 0 atom stereocenters. The van der Waals surface area contributed by atoms with Gasteiger partial charge in [-0.15, -0.1) is 0 Å². The van der Waals surface area contributed by atoms with E-state index in [1.165, 1.54) is 24.3 Å². The second kappa shape index (κ2) is 6.84. The molecule has 1 aromatic heterocycles. The van der Waals surface area contributed by atoms with E-state index < -0.39 is 16.7 Å². The minimum absolute atomic E-state index is 0.109. The number of carbonyl (C=O) groups is 2. The monoisotopic (exact) mass is 300 g/mol. The van der Waals surface area contributed by atoms with Gasteiger partial charge < -0.3 is 4.98 Å². The third kappa shape index (κ3) is 3.79. The van der Waals surface area contributed by atoms with Crippen LogP contribution in [0, 0.1) is 10.1 Å². The third-order valence-corrected chi connectivity index (χ3v) is 2.69. The summed E-state index contributed by atoms with van der Waals surface area (Å²) in [6, 6.07) is 9.20. The lowest BCUT2D eigenvalue weighted by molar-refractivity contribution is -0.385. The zero-order chi connectivity index (χ0) is 15.9. The molecule has 0 spiro atoms. The van der Waals surface area contributed by atoms with Gasteiger partial charge in [0.1, 0.15) is 5.69 Å². The Morgan fingerprint density at radius 2 is 1.91 bits per heavy atom. The van der Waals surface area contributed by atoms with Crippen LogP contribution in [0.25, 0.3) is 6.08 Å². The molecule has 2 amide bonds. The number of carbonyl (C=O) groups excluding carboxylic acids is 2. The topological polar surface area (TPSA) is 117 Å². The quantitative estimate of drug-likeness (QED) is 0.449. The maximum Gasteiger partial charge on any atom is 0.286 e. The first-order valence-corrected chi connectivity index (χ1v) is 6.23. The van der Waals surface area contributed by atoms with Crippen LogP contribution < -0.4 is 10.9 Å². The van der Waals surface area contributed by atoms with Crippen LogP contribution in [0.5, 0.6) is 0 Å². The van der Waals surface area contributed by atoms with Crippen molar-refractivity contribution in [2.24, 2.45) is 0 Å². The number of benzene rings is 1. The molecular weight excluding hydrogens is 288 g/mol. The Morgan fingerprint density at radius 3 is 2.59 bits per heavy atom. The van der Waals surface area contributed by atoms with Crippen molar-refractivity contribution in [2.45, 2.75) is 0 Å². The zero-order valence-corrected chi connectivity index (χ0v) is 11.3. The van der Waals surface area contributed by atoms with Gasteiger partial charge in [0, 0.05) is 18.3 Å². The van der Waals surface area contributed by atoms with Gasteiger partial charge in [0.05, 0.1) is 10.5 Å². The predicted octanol–water partition coefficient (Wildman–Crippen LogP) is 1.40. The molecule has 8 nitrogen and oxygen atoms in total. The summed E-state index contributed by atoms with van der Waals surface area (Å²) < 4.78 is 0. The number of hydrazine groups is 1. The van der Waals surface area contributed by atoms with E-state index in [0.717, 1.165) is 6.08 Å². The molecular formula is C14H12N4O4. The molecule has 2 aromatic rings. The Bertz CT molecular complexity index is 722. The van der Waals surface area contributed by atoms with E-state index in [0.29, 0.717) is 11.3 Å². The van der Waals surface area contributed by atoms with Crippen LogP contribution in [-0.2, 0) is 4.79 Å². The summed E-state index contributed by atoms with van der Waals surface area (Å²) in [5.41, 5.74) is 4.85. The van der Waals surface area contributed by atoms with Gasteiger partial charge in [-0.05, 0) is 24.3 Å². The van der Waals surface area contributed by atoms with E-state index in [4.69, 9.17) is 0 Å². The Balaban J connectivity index is 1.95. The second-order valence-corrected chi connectivity index (χ2v) is 4.18. The van der Waals surface area contributed by atoms with Crippen molar-refractivity contribution < 1.29 is 14.5 Å². The molecule has 0 bridgehead atoms. The number of aromatic nitrogens is 1. The van der Waals surface area contributed by atoms with E-state index in [2.05, 4.69) is 15.8 Å². The number of H-pyrrole nitrogens is 1. The highest BCUT2D eigenvalue weighted by molar-refractivity contribution is 5.97. The molecule has 0 aliphatic heterocycles. The van der Waals surface area contributed by atoms with Crippen molar-refractivity contribution in [1.29, 1.82) is 0 Å². The lowest BCUT2D eigenvalue weighted by Crippen LogP contribution is -2.40. The van der Waals surface area contributed by atoms with Gasteiger partial charge in [-0.1, -0.05) is 12.1 Å². The molecule has 0 radical (unpaired) electrons. The summed E-state index contributed by atoms with van der Waals surface area (Å²) in [6.45, 7) is 0. The molecule has 1 heterocycles. The highest BCUT2D eigenvalue weighted by Crippen LogP contribution is 2.18. The molecule has 3 N–H and O–H groups in total. The Labute approximate surface area is 125 Å². The van der Waals surface area contributed by atoms with E-state index in [9.17, 15) is 19.7 Å². The van der Waals surface area contributed by atoms with Crippen LogP contribution in [0.1, 0.15) is 16.1 Å². The number of para-hydroxylation sites is 1. The third-order valence-electron chi connectivity index (χ3n) is 2.69. The first kappa shape index (κ1) is 15.0. The van der Waals surface area contributed by atoms with Gasteiger partial charge in [0.2, 0.25) is 0 Å². The molecule has 0 saturated heterocycles. The highest BCUT2D eigenvalue weighted by atomic mass is 16.6. The highest BCUT2D eigenvalue weighted by Gasteiger charge is 2.10. The molecule has 8 heteroatoms. The number of amides is 2. The average molecular weight is 300 g/mol. The first-order valence-electron chi connectivity index (χ1n) is 6.23. The summed E-state index contributed by atoms with van der Waals surface area (Å²) in [5, 5.41) is 10.8. The smallest absolute Gasteiger partial charge is 0.286 e. The van der Waals surface area contributed by atoms with Crippen LogP contribution in [0.3, 0.4) is 0 Å². The van der Waals surface area contributed by atoms with Crippen molar-refractivity contribution in [3.05, 3.63) is 70.0 Å². The van der Waals surface area contributed by atoms with Crippen molar-refractivity contribution in [2.75, 3.05) is 0 Å². The second-order valence-electron chi connectivity index (χ2n) is 4.18. The normalized spacial score (nSPS) is 10.4. The Kier molecular flexibility index (Phi) is 4.66. The lowest BCUT2D eigenvalue weighted by atomic mass is 10.1. The van der Waals surface area contributed by atoms with E-state index in [1.54, 1.807) is 24.4 Å². The van der Waals surface area contributed by atoms with Gasteiger partial charge in [-0.2, -0.15) is 0 Å². The minimum Gasteiger partial charge on any atom is -0.357 e. The minimum atomic E-state index is -0.613. The van der Waals surface area contributed by atoms with Gasteiger partial charge in [-0.25, -0.2) is 0 Å². The van der Waals surface area contributed by atoms with Crippen LogP contribution in [-0.4, -0.2) is 21.7 Å². The molecule has 0 aliphatic carbocycles. The van der Waals surface area contributed by atoms with Crippen molar-refractivity contribution >= 4 is 23.6 Å². The van der Waals surface area contributed by atoms with Gasteiger partial charge in [0.25, 0.3) is 17.5 Å². The zero-order valence-electron chi connectivity index (χ0n) is 11.3. The number of nitro benzene ring substituents is 1. The molecule has 0 aliphatic rings. The Morgan fingerprint density at radius 1 is 1.14 bits per heavy atom. The lowest BCUT2D eigenvalue weighted by Gasteiger charge is -2.03. The molecule has 0 fully saturated rings. The molecule has 2 rings (SSSR count). The number of nitrogens with one attached hydrogen (secondary N) is 3. The Hall–Kier alpha value is -3.42. The van der Waals surface area contributed by atoms with Crippen LogP contribution >= 0.6 is 0 Å². The summed E-state index contributed by atoms with van der Waals surface area (Å²) in [6.07, 6.45) is 3.97. The SMILES string of the molecule is O=C(/C=C/c1ccccc1[N+](=O)[O-])NNC(=O)c1ccc[nH]1. The van der Waals surface area contributed by atoms with Crippen molar-refractivity contribution in [1.82, 2.24) is 15.8 Å². The van der Waals surface area contributed by atoms with Crippen LogP contribution in [0.15, 0.2) is 48.7 Å². The summed E-state index contributed by atoms with van der Waals surface area (Å²) >= 11 is 0. The fraction of sp³-hybridized carbons (Fsp3) is 0. The molecule has 0 saturated carbocycles. The van der Waals surface area contributed by atoms with E-state index in [1.807, 2.05) is 0 Å². The van der Waals surface area contributed by atoms with Crippen molar-refractivity contribution in [3.8, 4) is 0 Å². The maximum absolute atomic E-state index is 11.6. The van der Waals surface area contributed by atoms with Crippen LogP contribution in [0.4, 0.5) is 5.69 Å². The number of nitro groups is 1. The summed E-state index contributed by atoms with van der Waals surface area (Å²) in [7, 11) is 0. The molecule has 112 valence electrons. The summed E-state index contributed by atoms with van der Waals surface area (Å²) in [5.74, 6) is -1.12. The number of hydrogen-bond donors (Lipinski definition) is 3. The average Bonchev–Trinajstić information content (AvgIpc) is 3.05. The molecule has 0 unspecified atom stereocenters. The van der Waals surface area contributed by atoms with Crippen molar-refractivity contribution in [3.63, 3.8) is 0 Å². The van der Waals surface area contributed by atoms with Gasteiger partial charge in [-0.3, -0.25) is 30.6 Å². The maximum atomic E-state index is 11.6. The number of rotatable bonds is 4. The van der Waals surface area contributed by atoms with Gasteiger partial charge in [0.15, 0.2) is 0 Å². The number of nitrogens with zero attached hydrogens (tertiary/aromatic N) is 1. The fourth-order valence-corrected chi connectivity index (χ4v) is 1.66. The number of hydrogen-bond acceptors (Lipinski definition) is 4. The standard InChI is InChI=1S/C14H12N4O4/c19-13(16-17-14(20)11-5-3-9-15-11)8-7-10-4-1-2-6-12(10)18(21)22/h1-9,15H,(H,16,19)(H,17,20)/b8-7+. The molecule has 1 aromatic carbocycles. The van der Waals surface area contributed by atoms with Crippen LogP contribution in [0.2, 0.25) is 0 Å². The van der Waals surface area contributed by atoms with E-state index >= 15 is 0 Å². The summed E-state index contributed by atoms with van der Waals surface area (Å²) in [4.78, 5) is 36.1. The van der Waals surface area contributed by atoms with Gasteiger partial charge >= 0.3 is 0 Å². The predicted molar refractivity (Wildman–Crippen MR) is 78.5 cm³/mol. The largest absolute Gasteiger partial charge is 0.357 e. The number of aromatic amines is 1. The molecule has 22 heavy (non-hydrogen) atoms. The van der Waals surface area contributed by atoms with E-state index in [-0.39, 0.29) is 5.69 Å². The fourth-order valence-electron chi connectivity index (χ4n) is 1.66.